The Labute approximate surface area is 198 Å². The Morgan fingerprint density at radius 2 is 2.09 bits per heavy atom. The molecule has 0 bridgehead atoms. The molecule has 0 spiro atoms. The van der Waals surface area contributed by atoms with Gasteiger partial charge in [0.25, 0.3) is 0 Å². The van der Waals surface area contributed by atoms with E-state index in [1.807, 2.05) is 43.3 Å². The number of aromatic nitrogens is 2. The van der Waals surface area contributed by atoms with Gasteiger partial charge in [-0.05, 0) is 30.2 Å². The summed E-state index contributed by atoms with van der Waals surface area (Å²) >= 11 is 0. The highest BCUT2D eigenvalue weighted by atomic mass is 16.5. The molecule has 2 heterocycles. The highest BCUT2D eigenvalue weighted by Gasteiger charge is 2.15. The lowest BCUT2D eigenvalue weighted by Crippen LogP contribution is -2.36. The molecule has 0 amide bonds. The molecular weight excluding hydrogens is 436 g/mol. The second-order valence-electron chi connectivity index (χ2n) is 7.34. The minimum atomic E-state index is -0.0293. The Bertz CT molecular complexity index is 1030. The van der Waals surface area contributed by atoms with Gasteiger partial charge in [-0.15, -0.1) is 0 Å². The van der Waals surface area contributed by atoms with Gasteiger partial charge in [0, 0.05) is 25.6 Å². The first kappa shape index (κ1) is 24.9. The second kappa shape index (κ2) is 13.7. The highest BCUT2D eigenvalue weighted by Crippen LogP contribution is 2.21. The Balaban J connectivity index is 1.70. The predicted octanol–water partition coefficient (Wildman–Crippen LogP) is 2.98. The highest BCUT2D eigenvalue weighted by molar-refractivity contribution is 5.94. The fourth-order valence-corrected chi connectivity index (χ4v) is 3.13. The molecule has 1 aliphatic rings. The van der Waals surface area contributed by atoms with Gasteiger partial charge in [0.2, 0.25) is 0 Å². The number of aliphatic hydroxyl groups is 1. The van der Waals surface area contributed by atoms with E-state index < -0.39 is 0 Å². The van der Waals surface area contributed by atoms with Crippen LogP contribution in [0, 0.1) is 0 Å². The maximum Gasteiger partial charge on any atom is 0.320 e. The molecule has 10 nitrogen and oxygen atoms in total. The van der Waals surface area contributed by atoms with Gasteiger partial charge >= 0.3 is 6.01 Å². The average Bonchev–Trinajstić information content (AvgIpc) is 2.88. The SMILES string of the molecule is C\C=C/C=C\C(CCOc1nc(N/N=C/c2cccc(CO)c2)cc(N2CCOCC2)n1)=N\O. The van der Waals surface area contributed by atoms with Gasteiger partial charge in [-0.25, -0.2) is 0 Å². The summed E-state index contributed by atoms with van der Waals surface area (Å²) in [5.41, 5.74) is 5.07. The lowest BCUT2D eigenvalue weighted by atomic mass is 10.1. The zero-order valence-electron chi connectivity index (χ0n) is 19.2. The van der Waals surface area contributed by atoms with E-state index >= 15 is 0 Å². The molecule has 180 valence electrons. The Hall–Kier alpha value is -3.76. The van der Waals surface area contributed by atoms with Gasteiger partial charge in [-0.3, -0.25) is 5.43 Å². The van der Waals surface area contributed by atoms with Crippen molar-refractivity contribution in [3.05, 3.63) is 65.8 Å². The van der Waals surface area contributed by atoms with Crippen molar-refractivity contribution in [2.45, 2.75) is 20.0 Å². The number of oxime groups is 1. The van der Waals surface area contributed by atoms with E-state index in [2.05, 4.69) is 30.6 Å². The third-order valence-electron chi connectivity index (χ3n) is 4.86. The van der Waals surface area contributed by atoms with Gasteiger partial charge in [0.05, 0.1) is 38.4 Å². The van der Waals surface area contributed by atoms with Crippen LogP contribution in [0.5, 0.6) is 6.01 Å². The molecule has 1 fully saturated rings. The molecule has 3 N–H and O–H groups in total. The van der Waals surface area contributed by atoms with Crippen LogP contribution in [0.15, 0.2) is 64.9 Å². The standard InChI is InChI=1S/C24H30N6O4/c1-2-3-4-8-21(29-32)9-12-34-24-26-22(16-23(27-24)30-10-13-33-14-11-30)28-25-17-19-6-5-7-20(15-19)18-31/h2-8,15-17,31-32H,9-14,18H2,1H3,(H,26,27,28)/b3-2-,8-4-,25-17+,29-21-. The zero-order valence-corrected chi connectivity index (χ0v) is 19.2. The summed E-state index contributed by atoms with van der Waals surface area (Å²) in [6.45, 7) is 4.79. The van der Waals surface area contributed by atoms with Gasteiger partial charge in [-0.1, -0.05) is 41.6 Å². The van der Waals surface area contributed by atoms with Crippen LogP contribution < -0.4 is 15.1 Å². The van der Waals surface area contributed by atoms with Gasteiger partial charge in [-0.2, -0.15) is 15.1 Å². The molecule has 1 aromatic carbocycles. The Morgan fingerprint density at radius 1 is 1.24 bits per heavy atom. The maximum absolute atomic E-state index is 9.29. The van der Waals surface area contributed by atoms with E-state index in [9.17, 15) is 10.3 Å². The van der Waals surface area contributed by atoms with Crippen molar-refractivity contribution in [1.29, 1.82) is 0 Å². The number of hydrogen-bond donors (Lipinski definition) is 3. The van der Waals surface area contributed by atoms with Crippen molar-refractivity contribution in [2.75, 3.05) is 43.2 Å². The second-order valence-corrected chi connectivity index (χ2v) is 7.34. The van der Waals surface area contributed by atoms with Gasteiger partial charge in [0.1, 0.15) is 5.82 Å². The quantitative estimate of drug-likeness (QED) is 0.200. The third kappa shape index (κ3) is 7.98. The van der Waals surface area contributed by atoms with Gasteiger partial charge in [0.15, 0.2) is 5.82 Å². The summed E-state index contributed by atoms with van der Waals surface area (Å²) in [5.74, 6) is 1.18. The third-order valence-corrected chi connectivity index (χ3v) is 4.86. The summed E-state index contributed by atoms with van der Waals surface area (Å²) in [5, 5.41) is 26.0. The summed E-state index contributed by atoms with van der Waals surface area (Å²) in [6.07, 6.45) is 9.27. The molecule has 2 aromatic rings. The number of aliphatic hydroxyl groups excluding tert-OH is 1. The number of rotatable bonds is 11. The number of allylic oxidation sites excluding steroid dienone is 4. The Kier molecular flexibility index (Phi) is 10.0. The smallest absolute Gasteiger partial charge is 0.320 e. The van der Waals surface area contributed by atoms with Crippen LogP contribution >= 0.6 is 0 Å². The van der Waals surface area contributed by atoms with E-state index in [0.717, 1.165) is 11.1 Å². The van der Waals surface area contributed by atoms with E-state index in [-0.39, 0.29) is 19.2 Å². The zero-order chi connectivity index (χ0) is 24.0. The summed E-state index contributed by atoms with van der Waals surface area (Å²) < 4.78 is 11.2. The molecule has 3 rings (SSSR count). The van der Waals surface area contributed by atoms with Crippen LogP contribution in [-0.4, -0.2) is 65.1 Å². The lowest BCUT2D eigenvalue weighted by molar-refractivity contribution is 0.122. The van der Waals surface area contributed by atoms with Crippen molar-refractivity contribution in [2.24, 2.45) is 10.3 Å². The van der Waals surface area contributed by atoms with Gasteiger partial charge < -0.3 is 24.7 Å². The molecule has 0 radical (unpaired) electrons. The summed E-state index contributed by atoms with van der Waals surface area (Å²) in [6, 6.07) is 9.44. The summed E-state index contributed by atoms with van der Waals surface area (Å²) in [4.78, 5) is 11.0. The number of nitrogens with one attached hydrogen (secondary N) is 1. The molecule has 1 aliphatic heterocycles. The molecule has 34 heavy (non-hydrogen) atoms. The number of hydrogen-bond acceptors (Lipinski definition) is 10. The molecule has 10 heteroatoms. The first-order chi connectivity index (χ1) is 16.7. The topological polar surface area (TPSA) is 125 Å². The maximum atomic E-state index is 9.29. The molecule has 1 aromatic heterocycles. The van der Waals surface area contributed by atoms with Crippen molar-refractivity contribution in [1.82, 2.24) is 9.97 Å². The molecule has 0 unspecified atom stereocenters. The van der Waals surface area contributed by atoms with E-state index in [1.165, 1.54) is 0 Å². The first-order valence-corrected chi connectivity index (χ1v) is 11.1. The average molecular weight is 467 g/mol. The number of morpholine rings is 1. The van der Waals surface area contributed by atoms with E-state index in [0.29, 0.717) is 50.1 Å². The fourth-order valence-electron chi connectivity index (χ4n) is 3.13. The largest absolute Gasteiger partial charge is 0.463 e. The number of benzene rings is 1. The summed E-state index contributed by atoms with van der Waals surface area (Å²) in [7, 11) is 0. The van der Waals surface area contributed by atoms with Crippen molar-refractivity contribution >= 4 is 23.6 Å². The predicted molar refractivity (Wildman–Crippen MR) is 132 cm³/mol. The van der Waals surface area contributed by atoms with Crippen LogP contribution in [0.2, 0.25) is 0 Å². The number of ether oxygens (including phenoxy) is 2. The van der Waals surface area contributed by atoms with Crippen LogP contribution in [0.4, 0.5) is 11.6 Å². The number of hydrazone groups is 1. The minimum absolute atomic E-state index is 0.0293. The normalized spacial score (nSPS) is 15.0. The molecule has 1 saturated heterocycles. The van der Waals surface area contributed by atoms with Crippen molar-refractivity contribution in [3.8, 4) is 6.01 Å². The van der Waals surface area contributed by atoms with Crippen LogP contribution in [-0.2, 0) is 11.3 Å². The lowest BCUT2D eigenvalue weighted by Gasteiger charge is -2.28. The molecular formula is C24H30N6O4. The molecule has 0 atom stereocenters. The minimum Gasteiger partial charge on any atom is -0.463 e. The van der Waals surface area contributed by atoms with Crippen LogP contribution in [0.3, 0.4) is 0 Å². The number of anilines is 2. The Morgan fingerprint density at radius 3 is 2.85 bits per heavy atom. The van der Waals surface area contributed by atoms with E-state index in [1.54, 1.807) is 24.4 Å². The van der Waals surface area contributed by atoms with E-state index in [4.69, 9.17) is 9.47 Å². The molecule has 0 saturated carbocycles. The van der Waals surface area contributed by atoms with Crippen molar-refractivity contribution in [3.63, 3.8) is 0 Å². The molecule has 0 aliphatic carbocycles. The number of nitrogens with zero attached hydrogens (tertiary/aromatic N) is 5. The van der Waals surface area contributed by atoms with Crippen molar-refractivity contribution < 1.29 is 19.8 Å². The van der Waals surface area contributed by atoms with Crippen LogP contribution in [0.25, 0.3) is 0 Å². The fraction of sp³-hybridized carbons (Fsp3) is 0.333. The monoisotopic (exact) mass is 466 g/mol. The van der Waals surface area contributed by atoms with Crippen LogP contribution in [0.1, 0.15) is 24.5 Å². The first-order valence-electron chi connectivity index (χ1n) is 11.1.